The van der Waals surface area contributed by atoms with E-state index in [-0.39, 0.29) is 12.5 Å². The quantitative estimate of drug-likeness (QED) is 0.854. The van der Waals surface area contributed by atoms with E-state index in [4.69, 9.17) is 11.6 Å². The van der Waals surface area contributed by atoms with Crippen molar-refractivity contribution in [3.05, 3.63) is 68.7 Å². The molecule has 1 nitrogen and oxygen atoms in total. The lowest BCUT2D eigenvalue weighted by Gasteiger charge is -2.16. The van der Waals surface area contributed by atoms with Crippen molar-refractivity contribution in [2.24, 2.45) is 0 Å². The first kappa shape index (κ1) is 14.6. The highest BCUT2D eigenvalue weighted by atomic mass is 79.9. The molecule has 0 bridgehead atoms. The third-order valence-electron chi connectivity index (χ3n) is 3.22. The Balaban J connectivity index is 2.24. The van der Waals surface area contributed by atoms with Crippen LogP contribution in [0.15, 0.2) is 46.9 Å². The molecule has 0 aliphatic carbocycles. The molecular weight excluding hydrogens is 324 g/mol. The Morgan fingerprint density at radius 1 is 1.21 bits per heavy atom. The predicted molar refractivity (Wildman–Crippen MR) is 83.9 cm³/mol. The van der Waals surface area contributed by atoms with Crippen molar-refractivity contribution in [3.8, 4) is 0 Å². The Kier molecular flexibility index (Phi) is 5.03. The van der Waals surface area contributed by atoms with Crippen LogP contribution in [0.5, 0.6) is 0 Å². The third kappa shape index (κ3) is 3.82. The summed E-state index contributed by atoms with van der Waals surface area (Å²) in [5.74, 6) is 0.0820. The van der Waals surface area contributed by atoms with E-state index in [1.807, 2.05) is 24.3 Å². The van der Waals surface area contributed by atoms with Crippen LogP contribution in [0.1, 0.15) is 22.6 Å². The summed E-state index contributed by atoms with van der Waals surface area (Å²) in [5, 5.41) is 10.4. The fourth-order valence-electron chi connectivity index (χ4n) is 2.16. The molecule has 1 atom stereocenters. The minimum absolute atomic E-state index is 0.0820. The van der Waals surface area contributed by atoms with Crippen LogP contribution in [0.3, 0.4) is 0 Å². The molecule has 0 spiro atoms. The second-order valence-electron chi connectivity index (χ2n) is 4.73. The molecule has 0 aromatic heterocycles. The van der Waals surface area contributed by atoms with Gasteiger partial charge in [-0.2, -0.15) is 0 Å². The van der Waals surface area contributed by atoms with Crippen LogP contribution in [0.2, 0.25) is 5.02 Å². The summed E-state index contributed by atoms with van der Waals surface area (Å²) in [5.41, 5.74) is 3.42. The van der Waals surface area contributed by atoms with Gasteiger partial charge >= 0.3 is 0 Å². The molecule has 1 N–H and O–H groups in total. The zero-order valence-corrected chi connectivity index (χ0v) is 13.1. The van der Waals surface area contributed by atoms with E-state index < -0.39 is 0 Å². The van der Waals surface area contributed by atoms with Crippen molar-refractivity contribution in [3.63, 3.8) is 0 Å². The largest absolute Gasteiger partial charge is 0.396 e. The number of aliphatic hydroxyl groups is 1. The van der Waals surface area contributed by atoms with Gasteiger partial charge < -0.3 is 5.11 Å². The molecule has 0 saturated carbocycles. The fourth-order valence-corrected chi connectivity index (χ4v) is 2.92. The summed E-state index contributed by atoms with van der Waals surface area (Å²) in [6.07, 6.45) is 0.742. The highest BCUT2D eigenvalue weighted by molar-refractivity contribution is 9.10. The highest BCUT2D eigenvalue weighted by Gasteiger charge is 2.13. The topological polar surface area (TPSA) is 20.2 Å². The van der Waals surface area contributed by atoms with Gasteiger partial charge in [-0.15, -0.1) is 0 Å². The Morgan fingerprint density at radius 3 is 2.63 bits per heavy atom. The Morgan fingerprint density at radius 2 is 2.00 bits per heavy atom. The number of aliphatic hydroxyl groups excluding tert-OH is 1. The average Bonchev–Trinajstić information content (AvgIpc) is 2.38. The lowest BCUT2D eigenvalue weighted by atomic mass is 9.92. The monoisotopic (exact) mass is 338 g/mol. The van der Waals surface area contributed by atoms with Crippen LogP contribution in [0.4, 0.5) is 0 Å². The highest BCUT2D eigenvalue weighted by Crippen LogP contribution is 2.27. The summed E-state index contributed by atoms with van der Waals surface area (Å²) >= 11 is 9.64. The molecule has 0 saturated heterocycles. The molecule has 100 valence electrons. The van der Waals surface area contributed by atoms with Gasteiger partial charge in [0.15, 0.2) is 0 Å². The van der Waals surface area contributed by atoms with E-state index in [9.17, 15) is 5.11 Å². The molecule has 2 aromatic carbocycles. The molecule has 2 rings (SSSR count). The maximum atomic E-state index is 9.62. The zero-order chi connectivity index (χ0) is 13.8. The van der Waals surface area contributed by atoms with E-state index in [2.05, 4.69) is 41.1 Å². The van der Waals surface area contributed by atoms with Gasteiger partial charge in [0.1, 0.15) is 0 Å². The van der Waals surface area contributed by atoms with Crippen LogP contribution in [0.25, 0.3) is 0 Å². The third-order valence-corrected chi connectivity index (χ3v) is 4.06. The van der Waals surface area contributed by atoms with Gasteiger partial charge in [0.05, 0.1) is 6.61 Å². The number of hydrogen-bond donors (Lipinski definition) is 1. The van der Waals surface area contributed by atoms with E-state index in [0.29, 0.717) is 0 Å². The molecule has 19 heavy (non-hydrogen) atoms. The van der Waals surface area contributed by atoms with Crippen molar-refractivity contribution in [1.82, 2.24) is 0 Å². The summed E-state index contributed by atoms with van der Waals surface area (Å²) in [6, 6.07) is 14.1. The first-order valence-corrected chi connectivity index (χ1v) is 7.38. The maximum absolute atomic E-state index is 9.62. The average molecular weight is 340 g/mol. The molecule has 2 aromatic rings. The van der Waals surface area contributed by atoms with Crippen molar-refractivity contribution in [2.45, 2.75) is 19.3 Å². The summed E-state index contributed by atoms with van der Waals surface area (Å²) in [7, 11) is 0. The second kappa shape index (κ2) is 6.56. The molecule has 0 aliphatic heterocycles. The SMILES string of the molecule is Cc1cccc(C(CO)Cc2ccc(Br)cc2Cl)c1. The molecular formula is C16H16BrClO. The van der Waals surface area contributed by atoms with E-state index >= 15 is 0 Å². The molecule has 0 radical (unpaired) electrons. The normalized spacial score (nSPS) is 12.4. The van der Waals surface area contributed by atoms with E-state index in [0.717, 1.165) is 27.0 Å². The standard InChI is InChI=1S/C16H16BrClO/c1-11-3-2-4-12(7-11)14(10-19)8-13-5-6-15(17)9-16(13)18/h2-7,9,14,19H,8,10H2,1H3. The smallest absolute Gasteiger partial charge is 0.0502 e. The van der Waals surface area contributed by atoms with E-state index in [1.54, 1.807) is 0 Å². The molecule has 0 aliphatic rings. The van der Waals surface area contributed by atoms with E-state index in [1.165, 1.54) is 5.56 Å². The lowest BCUT2D eigenvalue weighted by molar-refractivity contribution is 0.264. The first-order chi connectivity index (χ1) is 9.10. The van der Waals surface area contributed by atoms with Crippen LogP contribution in [-0.2, 0) is 6.42 Å². The molecule has 0 amide bonds. The van der Waals surface area contributed by atoms with Crippen LogP contribution < -0.4 is 0 Å². The van der Waals surface area contributed by atoms with Gasteiger partial charge in [0, 0.05) is 15.4 Å². The first-order valence-electron chi connectivity index (χ1n) is 6.21. The van der Waals surface area contributed by atoms with Crippen LogP contribution >= 0.6 is 27.5 Å². The fraction of sp³-hybridized carbons (Fsp3) is 0.250. The number of benzene rings is 2. The predicted octanol–water partition coefficient (Wildman–Crippen LogP) is 4.73. The van der Waals surface area contributed by atoms with Crippen molar-refractivity contribution in [2.75, 3.05) is 6.61 Å². The number of halogens is 2. The van der Waals surface area contributed by atoms with Gasteiger partial charge in [-0.3, -0.25) is 0 Å². The molecule has 1 unspecified atom stereocenters. The minimum Gasteiger partial charge on any atom is -0.396 e. The van der Waals surface area contributed by atoms with Gasteiger partial charge in [-0.1, -0.05) is 63.4 Å². The summed E-state index contributed by atoms with van der Waals surface area (Å²) < 4.78 is 0.970. The van der Waals surface area contributed by atoms with Crippen LogP contribution in [0, 0.1) is 6.92 Å². The Bertz CT molecular complexity index is 568. The summed E-state index contributed by atoms with van der Waals surface area (Å²) in [6.45, 7) is 2.18. The minimum atomic E-state index is 0.0820. The van der Waals surface area contributed by atoms with Gasteiger partial charge in [-0.05, 0) is 36.6 Å². The zero-order valence-electron chi connectivity index (χ0n) is 10.7. The van der Waals surface area contributed by atoms with Crippen LogP contribution in [-0.4, -0.2) is 11.7 Å². The van der Waals surface area contributed by atoms with Crippen molar-refractivity contribution < 1.29 is 5.11 Å². The van der Waals surface area contributed by atoms with Gasteiger partial charge in [-0.25, -0.2) is 0 Å². The molecule has 0 heterocycles. The molecule has 0 fully saturated rings. The molecule has 3 heteroatoms. The Hall–Kier alpha value is -0.830. The van der Waals surface area contributed by atoms with Gasteiger partial charge in [0.2, 0.25) is 0 Å². The van der Waals surface area contributed by atoms with Gasteiger partial charge in [0.25, 0.3) is 0 Å². The number of hydrogen-bond acceptors (Lipinski definition) is 1. The Labute approximate surface area is 127 Å². The lowest BCUT2D eigenvalue weighted by Crippen LogP contribution is -2.08. The number of rotatable bonds is 4. The summed E-state index contributed by atoms with van der Waals surface area (Å²) in [4.78, 5) is 0. The maximum Gasteiger partial charge on any atom is 0.0502 e. The van der Waals surface area contributed by atoms with Crippen molar-refractivity contribution >= 4 is 27.5 Å². The second-order valence-corrected chi connectivity index (χ2v) is 6.06. The van der Waals surface area contributed by atoms with Crippen molar-refractivity contribution in [1.29, 1.82) is 0 Å². The number of aryl methyl sites for hydroxylation is 1.